The second-order valence-corrected chi connectivity index (χ2v) is 7.13. The van der Waals surface area contributed by atoms with Gasteiger partial charge in [-0.1, -0.05) is 12.8 Å². The van der Waals surface area contributed by atoms with E-state index in [9.17, 15) is 8.42 Å². The Morgan fingerprint density at radius 3 is 2.78 bits per heavy atom. The Hall–Kier alpha value is -0.870. The fourth-order valence-electron chi connectivity index (χ4n) is 1.53. The fraction of sp³-hybridized carbons (Fsp3) is 0.500. The Kier molecular flexibility index (Phi) is 5.82. The zero-order chi connectivity index (χ0) is 13.6. The zero-order valence-electron chi connectivity index (χ0n) is 10.6. The minimum atomic E-state index is -3.44. The maximum Gasteiger partial charge on any atom is 0.253 e. The topological polar surface area (TPSA) is 49.4 Å². The van der Waals surface area contributed by atoms with Crippen molar-refractivity contribution in [2.24, 2.45) is 0 Å². The van der Waals surface area contributed by atoms with Crippen LogP contribution in [0.25, 0.3) is 0 Å². The molecule has 0 aromatic carbocycles. The maximum atomic E-state index is 12.4. The summed E-state index contributed by atoms with van der Waals surface area (Å²) >= 11 is 1.28. The van der Waals surface area contributed by atoms with Crippen LogP contribution in [0.4, 0.5) is 0 Å². The van der Waals surface area contributed by atoms with E-state index < -0.39 is 10.0 Å². The van der Waals surface area contributed by atoms with Gasteiger partial charge in [-0.3, -0.25) is 0 Å². The number of nitrogens with zero attached hydrogens (tertiary/aromatic N) is 1. The first-order valence-corrected chi connectivity index (χ1v) is 7.98. The van der Waals surface area contributed by atoms with Gasteiger partial charge in [0.05, 0.1) is 6.54 Å². The van der Waals surface area contributed by atoms with Crippen LogP contribution in [0.2, 0.25) is 0 Å². The summed E-state index contributed by atoms with van der Waals surface area (Å²) in [6.07, 6.45) is 5.97. The number of terminal acetylenes is 1. The van der Waals surface area contributed by atoms with Crippen LogP contribution in [0.15, 0.2) is 16.3 Å². The number of nitrogens with one attached hydrogen (secondary N) is 1. The van der Waals surface area contributed by atoms with Crippen molar-refractivity contribution in [3.63, 3.8) is 0 Å². The SMILES string of the molecule is C#CCN(CCC)S(=O)(=O)c1ccc(CNC)s1. The van der Waals surface area contributed by atoms with Gasteiger partial charge in [-0.05, 0) is 25.6 Å². The van der Waals surface area contributed by atoms with Gasteiger partial charge in [0.25, 0.3) is 10.0 Å². The van der Waals surface area contributed by atoms with E-state index in [1.165, 1.54) is 15.6 Å². The van der Waals surface area contributed by atoms with Gasteiger partial charge in [-0.25, -0.2) is 8.42 Å². The molecule has 0 aliphatic rings. The fourth-order valence-corrected chi connectivity index (χ4v) is 4.50. The number of thiophene rings is 1. The normalized spacial score (nSPS) is 11.7. The first-order chi connectivity index (χ1) is 8.56. The lowest BCUT2D eigenvalue weighted by Crippen LogP contribution is -2.31. The molecule has 4 nitrogen and oxygen atoms in total. The van der Waals surface area contributed by atoms with Gasteiger partial charge in [-0.15, -0.1) is 17.8 Å². The summed E-state index contributed by atoms with van der Waals surface area (Å²) in [6.45, 7) is 3.17. The Morgan fingerprint density at radius 2 is 2.22 bits per heavy atom. The Balaban J connectivity index is 2.98. The lowest BCUT2D eigenvalue weighted by atomic mass is 10.5. The van der Waals surface area contributed by atoms with Gasteiger partial charge >= 0.3 is 0 Å². The minimum Gasteiger partial charge on any atom is -0.315 e. The van der Waals surface area contributed by atoms with E-state index in [1.807, 2.05) is 20.0 Å². The van der Waals surface area contributed by atoms with E-state index in [2.05, 4.69) is 11.2 Å². The lowest BCUT2D eigenvalue weighted by molar-refractivity contribution is 0.447. The average Bonchev–Trinajstić information content (AvgIpc) is 2.78. The van der Waals surface area contributed by atoms with E-state index in [0.717, 1.165) is 11.3 Å². The molecular weight excluding hydrogens is 268 g/mol. The van der Waals surface area contributed by atoms with Crippen molar-refractivity contribution >= 4 is 21.4 Å². The largest absolute Gasteiger partial charge is 0.315 e. The molecule has 0 atom stereocenters. The quantitative estimate of drug-likeness (QED) is 0.773. The Labute approximate surface area is 113 Å². The van der Waals surface area contributed by atoms with E-state index in [4.69, 9.17) is 6.42 Å². The lowest BCUT2D eigenvalue weighted by Gasteiger charge is -2.17. The highest BCUT2D eigenvalue weighted by Crippen LogP contribution is 2.24. The van der Waals surface area contributed by atoms with Crippen LogP contribution in [0.5, 0.6) is 0 Å². The Bertz CT molecular complexity index is 514. The molecule has 0 saturated carbocycles. The molecule has 1 rings (SSSR count). The third-order valence-corrected chi connectivity index (χ3v) is 5.72. The molecular formula is C12H18N2O2S2. The predicted octanol–water partition coefficient (Wildman–Crippen LogP) is 1.50. The molecule has 100 valence electrons. The van der Waals surface area contributed by atoms with Crippen molar-refractivity contribution < 1.29 is 8.42 Å². The van der Waals surface area contributed by atoms with Crippen molar-refractivity contribution in [3.8, 4) is 12.3 Å². The molecule has 1 aromatic heterocycles. The zero-order valence-corrected chi connectivity index (χ0v) is 12.3. The second-order valence-electron chi connectivity index (χ2n) is 3.79. The van der Waals surface area contributed by atoms with Crippen LogP contribution in [-0.2, 0) is 16.6 Å². The third kappa shape index (κ3) is 3.56. The van der Waals surface area contributed by atoms with Crippen LogP contribution in [0.1, 0.15) is 18.2 Å². The molecule has 0 aliphatic heterocycles. The van der Waals surface area contributed by atoms with Crippen molar-refractivity contribution in [2.75, 3.05) is 20.1 Å². The smallest absolute Gasteiger partial charge is 0.253 e. The van der Waals surface area contributed by atoms with Gasteiger partial charge in [0.1, 0.15) is 4.21 Å². The number of sulfonamides is 1. The molecule has 0 radical (unpaired) electrons. The molecule has 0 spiro atoms. The standard InChI is InChI=1S/C12H18N2O2S2/c1-4-8-14(9-5-2)18(15,16)12-7-6-11(17-12)10-13-3/h1,6-7,13H,5,8-10H2,2-3H3. The number of hydrogen-bond acceptors (Lipinski definition) is 4. The first kappa shape index (κ1) is 15.2. The van der Waals surface area contributed by atoms with Crippen LogP contribution < -0.4 is 5.32 Å². The monoisotopic (exact) mass is 286 g/mol. The minimum absolute atomic E-state index is 0.120. The molecule has 0 saturated heterocycles. The Morgan fingerprint density at radius 1 is 1.50 bits per heavy atom. The summed E-state index contributed by atoms with van der Waals surface area (Å²) in [6, 6.07) is 3.47. The molecule has 1 heterocycles. The van der Waals surface area contributed by atoms with E-state index >= 15 is 0 Å². The summed E-state index contributed by atoms with van der Waals surface area (Å²) < 4.78 is 26.4. The maximum absolute atomic E-state index is 12.4. The summed E-state index contributed by atoms with van der Waals surface area (Å²) in [5.41, 5.74) is 0. The molecule has 0 bridgehead atoms. The summed E-state index contributed by atoms with van der Waals surface area (Å²) in [5, 5.41) is 3.00. The van der Waals surface area contributed by atoms with Gasteiger partial charge in [0, 0.05) is 18.0 Å². The predicted molar refractivity (Wildman–Crippen MR) is 75.0 cm³/mol. The molecule has 18 heavy (non-hydrogen) atoms. The van der Waals surface area contributed by atoms with Crippen LogP contribution in [0, 0.1) is 12.3 Å². The van der Waals surface area contributed by atoms with E-state index in [1.54, 1.807) is 6.07 Å². The summed E-state index contributed by atoms with van der Waals surface area (Å²) in [5.74, 6) is 2.40. The molecule has 6 heteroatoms. The van der Waals surface area contributed by atoms with Gasteiger partial charge < -0.3 is 5.32 Å². The van der Waals surface area contributed by atoms with Crippen molar-refractivity contribution in [1.29, 1.82) is 0 Å². The highest BCUT2D eigenvalue weighted by molar-refractivity contribution is 7.91. The first-order valence-electron chi connectivity index (χ1n) is 5.73. The number of rotatable bonds is 7. The van der Waals surface area contributed by atoms with Gasteiger partial charge in [0.15, 0.2) is 0 Å². The highest BCUT2D eigenvalue weighted by Gasteiger charge is 2.24. The summed E-state index contributed by atoms with van der Waals surface area (Å²) in [7, 11) is -1.61. The van der Waals surface area contributed by atoms with E-state index in [0.29, 0.717) is 17.3 Å². The van der Waals surface area contributed by atoms with Crippen molar-refractivity contribution in [1.82, 2.24) is 9.62 Å². The van der Waals surface area contributed by atoms with Crippen LogP contribution >= 0.6 is 11.3 Å². The summed E-state index contributed by atoms with van der Waals surface area (Å²) in [4.78, 5) is 0.994. The molecule has 1 aromatic rings. The molecule has 0 fully saturated rings. The molecule has 0 amide bonds. The molecule has 1 N–H and O–H groups in total. The number of hydrogen-bond donors (Lipinski definition) is 1. The van der Waals surface area contributed by atoms with Crippen molar-refractivity contribution in [3.05, 3.63) is 17.0 Å². The van der Waals surface area contributed by atoms with Gasteiger partial charge in [0.2, 0.25) is 0 Å². The van der Waals surface area contributed by atoms with Gasteiger partial charge in [-0.2, -0.15) is 4.31 Å². The van der Waals surface area contributed by atoms with Crippen LogP contribution in [0.3, 0.4) is 0 Å². The second kappa shape index (κ2) is 6.90. The van der Waals surface area contributed by atoms with Crippen molar-refractivity contribution in [2.45, 2.75) is 24.1 Å². The van der Waals surface area contributed by atoms with Crippen LogP contribution in [-0.4, -0.2) is 32.9 Å². The molecule has 0 unspecified atom stereocenters. The average molecular weight is 286 g/mol. The van der Waals surface area contributed by atoms with E-state index in [-0.39, 0.29) is 6.54 Å². The highest BCUT2D eigenvalue weighted by atomic mass is 32.2. The molecule has 0 aliphatic carbocycles. The third-order valence-electron chi connectivity index (χ3n) is 2.32.